The first kappa shape index (κ1) is 9.44. The number of benzene rings is 1. The molecule has 1 aromatic rings. The third-order valence-corrected chi connectivity index (χ3v) is 2.65. The molecule has 1 aliphatic carbocycles. The maximum absolute atomic E-state index is 13.2. The van der Waals surface area contributed by atoms with E-state index in [1.165, 1.54) is 25.0 Å². The smallest absolute Gasteiger partial charge is 0.149 e. The van der Waals surface area contributed by atoms with Crippen LogP contribution in [0.4, 0.5) is 14.5 Å². The summed E-state index contributed by atoms with van der Waals surface area (Å²) in [4.78, 5) is 0. The van der Waals surface area contributed by atoms with Gasteiger partial charge in [0.2, 0.25) is 0 Å². The van der Waals surface area contributed by atoms with E-state index in [0.717, 1.165) is 18.9 Å². The van der Waals surface area contributed by atoms with Crippen molar-refractivity contribution in [2.75, 3.05) is 5.32 Å². The molecule has 0 bridgehead atoms. The van der Waals surface area contributed by atoms with E-state index < -0.39 is 11.6 Å². The maximum Gasteiger partial charge on any atom is 0.149 e. The SMILES string of the molecule is Fc1ccc(NC2CCCC2)c(F)c1. The molecule has 0 heterocycles. The summed E-state index contributed by atoms with van der Waals surface area (Å²) in [5, 5.41) is 3.09. The summed E-state index contributed by atoms with van der Waals surface area (Å²) in [7, 11) is 0. The Morgan fingerprint density at radius 2 is 1.86 bits per heavy atom. The molecule has 1 fully saturated rings. The van der Waals surface area contributed by atoms with Crippen molar-refractivity contribution in [1.82, 2.24) is 0 Å². The summed E-state index contributed by atoms with van der Waals surface area (Å²) in [5.74, 6) is -1.03. The van der Waals surface area contributed by atoms with Gasteiger partial charge in [-0.25, -0.2) is 8.78 Å². The average Bonchev–Trinajstić information content (AvgIpc) is 2.62. The monoisotopic (exact) mass is 197 g/mol. The molecular formula is C11H13F2N. The Bertz CT molecular complexity index is 319. The molecule has 0 atom stereocenters. The van der Waals surface area contributed by atoms with Gasteiger partial charge >= 0.3 is 0 Å². The van der Waals surface area contributed by atoms with Gasteiger partial charge in [0.25, 0.3) is 0 Å². The van der Waals surface area contributed by atoms with E-state index in [4.69, 9.17) is 0 Å². The highest BCUT2D eigenvalue weighted by atomic mass is 19.1. The topological polar surface area (TPSA) is 12.0 Å². The van der Waals surface area contributed by atoms with Gasteiger partial charge in [-0.1, -0.05) is 12.8 Å². The molecule has 3 heteroatoms. The zero-order valence-corrected chi connectivity index (χ0v) is 7.89. The van der Waals surface area contributed by atoms with Gasteiger partial charge in [-0.15, -0.1) is 0 Å². The van der Waals surface area contributed by atoms with Crippen LogP contribution in [0.5, 0.6) is 0 Å². The van der Waals surface area contributed by atoms with E-state index >= 15 is 0 Å². The summed E-state index contributed by atoms with van der Waals surface area (Å²) in [6.07, 6.45) is 4.55. The highest BCUT2D eigenvalue weighted by Gasteiger charge is 2.15. The molecule has 0 aliphatic heterocycles. The second-order valence-electron chi connectivity index (χ2n) is 3.75. The predicted molar refractivity (Wildman–Crippen MR) is 52.2 cm³/mol. The molecule has 1 nitrogen and oxygen atoms in total. The molecule has 0 amide bonds. The molecule has 1 aromatic carbocycles. The third kappa shape index (κ3) is 2.03. The summed E-state index contributed by atoms with van der Waals surface area (Å²) in [6.45, 7) is 0. The van der Waals surface area contributed by atoms with Crippen LogP contribution in [0.3, 0.4) is 0 Å². The van der Waals surface area contributed by atoms with Crippen molar-refractivity contribution in [2.45, 2.75) is 31.7 Å². The molecule has 2 rings (SSSR count). The lowest BCUT2D eigenvalue weighted by atomic mass is 10.2. The molecule has 14 heavy (non-hydrogen) atoms. The standard InChI is InChI=1S/C11H13F2N/c12-8-5-6-11(10(13)7-8)14-9-3-1-2-4-9/h5-7,9,14H,1-4H2. The summed E-state index contributed by atoms with van der Waals surface area (Å²) in [5.41, 5.74) is 0.415. The molecule has 1 N–H and O–H groups in total. The average molecular weight is 197 g/mol. The van der Waals surface area contributed by atoms with Gasteiger partial charge in [-0.05, 0) is 25.0 Å². The lowest BCUT2D eigenvalue weighted by Crippen LogP contribution is -2.15. The van der Waals surface area contributed by atoms with E-state index in [2.05, 4.69) is 5.32 Å². The molecule has 76 valence electrons. The molecule has 0 radical (unpaired) electrons. The van der Waals surface area contributed by atoms with Gasteiger partial charge in [-0.2, -0.15) is 0 Å². The van der Waals surface area contributed by atoms with Crippen molar-refractivity contribution >= 4 is 5.69 Å². The van der Waals surface area contributed by atoms with Gasteiger partial charge in [0.15, 0.2) is 0 Å². The van der Waals surface area contributed by atoms with E-state index in [9.17, 15) is 8.78 Å². The normalized spacial score (nSPS) is 17.3. The summed E-state index contributed by atoms with van der Waals surface area (Å²) in [6, 6.07) is 4.01. The number of hydrogen-bond acceptors (Lipinski definition) is 1. The van der Waals surface area contributed by atoms with Crippen molar-refractivity contribution in [3.63, 3.8) is 0 Å². The zero-order valence-electron chi connectivity index (χ0n) is 7.89. The Morgan fingerprint density at radius 1 is 1.14 bits per heavy atom. The minimum atomic E-state index is -0.528. The van der Waals surface area contributed by atoms with Crippen LogP contribution in [0.1, 0.15) is 25.7 Å². The molecule has 1 aliphatic rings. The van der Waals surface area contributed by atoms with Crippen LogP contribution in [0.2, 0.25) is 0 Å². The van der Waals surface area contributed by atoms with E-state index in [-0.39, 0.29) is 0 Å². The lowest BCUT2D eigenvalue weighted by molar-refractivity contribution is 0.582. The van der Waals surface area contributed by atoms with Crippen molar-refractivity contribution in [3.8, 4) is 0 Å². The molecule has 0 saturated heterocycles. The Morgan fingerprint density at radius 3 is 2.50 bits per heavy atom. The molecule has 0 spiro atoms. The van der Waals surface area contributed by atoms with E-state index in [1.807, 2.05) is 0 Å². The first-order chi connectivity index (χ1) is 6.75. The fourth-order valence-electron chi connectivity index (χ4n) is 1.90. The van der Waals surface area contributed by atoms with Gasteiger partial charge in [0.1, 0.15) is 11.6 Å². The predicted octanol–water partition coefficient (Wildman–Crippen LogP) is 3.32. The number of anilines is 1. The number of nitrogens with one attached hydrogen (secondary N) is 1. The van der Waals surface area contributed by atoms with Crippen LogP contribution < -0.4 is 5.32 Å². The van der Waals surface area contributed by atoms with Crippen LogP contribution in [0.25, 0.3) is 0 Å². The van der Waals surface area contributed by atoms with Gasteiger partial charge < -0.3 is 5.32 Å². The van der Waals surface area contributed by atoms with Crippen LogP contribution in [0, 0.1) is 11.6 Å². The van der Waals surface area contributed by atoms with Crippen molar-refractivity contribution in [1.29, 1.82) is 0 Å². The summed E-state index contributed by atoms with van der Waals surface area (Å²) < 4.78 is 25.8. The largest absolute Gasteiger partial charge is 0.380 e. The van der Waals surface area contributed by atoms with Gasteiger partial charge in [0.05, 0.1) is 5.69 Å². The minimum Gasteiger partial charge on any atom is -0.380 e. The van der Waals surface area contributed by atoms with Crippen LogP contribution in [-0.2, 0) is 0 Å². The van der Waals surface area contributed by atoms with E-state index in [1.54, 1.807) is 0 Å². The second-order valence-corrected chi connectivity index (χ2v) is 3.75. The molecular weight excluding hydrogens is 184 g/mol. The number of rotatable bonds is 2. The van der Waals surface area contributed by atoms with Gasteiger partial charge in [0, 0.05) is 12.1 Å². The number of halogens is 2. The fourth-order valence-corrected chi connectivity index (χ4v) is 1.90. The molecule has 1 saturated carbocycles. The van der Waals surface area contributed by atoms with Crippen LogP contribution >= 0.6 is 0 Å². The lowest BCUT2D eigenvalue weighted by Gasteiger charge is -2.13. The van der Waals surface area contributed by atoms with Crippen LogP contribution in [0.15, 0.2) is 18.2 Å². The first-order valence-corrected chi connectivity index (χ1v) is 4.97. The van der Waals surface area contributed by atoms with E-state index in [0.29, 0.717) is 11.7 Å². The van der Waals surface area contributed by atoms with Gasteiger partial charge in [-0.3, -0.25) is 0 Å². The van der Waals surface area contributed by atoms with Crippen molar-refractivity contribution in [2.24, 2.45) is 0 Å². The fraction of sp³-hybridized carbons (Fsp3) is 0.455. The molecule has 0 unspecified atom stereocenters. The Labute approximate surface area is 82.1 Å². The Kier molecular flexibility index (Phi) is 2.66. The van der Waals surface area contributed by atoms with Crippen molar-refractivity contribution < 1.29 is 8.78 Å². The highest BCUT2D eigenvalue weighted by Crippen LogP contribution is 2.24. The first-order valence-electron chi connectivity index (χ1n) is 4.97. The molecule has 0 aromatic heterocycles. The third-order valence-electron chi connectivity index (χ3n) is 2.65. The Balaban J connectivity index is 2.08. The van der Waals surface area contributed by atoms with Crippen LogP contribution in [-0.4, -0.2) is 6.04 Å². The number of hydrogen-bond donors (Lipinski definition) is 1. The Hall–Kier alpha value is -1.12. The maximum atomic E-state index is 13.2. The highest BCUT2D eigenvalue weighted by molar-refractivity contribution is 5.45. The zero-order chi connectivity index (χ0) is 9.97. The summed E-state index contributed by atoms with van der Waals surface area (Å²) >= 11 is 0. The minimum absolute atomic E-state index is 0.356. The second kappa shape index (κ2) is 3.95. The quantitative estimate of drug-likeness (QED) is 0.766. The van der Waals surface area contributed by atoms with Crippen molar-refractivity contribution in [3.05, 3.63) is 29.8 Å².